The first kappa shape index (κ1) is 25.0. The van der Waals surface area contributed by atoms with Gasteiger partial charge in [-0.05, 0) is 51.1 Å². The fraction of sp³-hybridized carbons (Fsp3) is 0.292. The van der Waals surface area contributed by atoms with Crippen LogP contribution in [0.5, 0.6) is 0 Å². The highest BCUT2D eigenvalue weighted by Gasteiger charge is 2.19. The summed E-state index contributed by atoms with van der Waals surface area (Å²) in [5.41, 5.74) is 2.12. The number of hydrogen-bond acceptors (Lipinski definition) is 4. The third-order valence-corrected chi connectivity index (χ3v) is 4.96. The highest BCUT2D eigenvalue weighted by Crippen LogP contribution is 2.20. The summed E-state index contributed by atoms with van der Waals surface area (Å²) in [6.45, 7) is 5.73. The van der Waals surface area contributed by atoms with E-state index in [0.717, 1.165) is 23.4 Å². The molecule has 0 fully saturated rings. The van der Waals surface area contributed by atoms with Gasteiger partial charge in [0.1, 0.15) is 5.82 Å². The van der Waals surface area contributed by atoms with Crippen LogP contribution in [0, 0.1) is 31.3 Å². The van der Waals surface area contributed by atoms with Crippen molar-refractivity contribution in [1.82, 2.24) is 14.7 Å². The lowest BCUT2D eigenvalue weighted by atomic mass is 10.2. The van der Waals surface area contributed by atoms with Crippen molar-refractivity contribution in [2.45, 2.75) is 27.2 Å². The number of carbonyl (C=O) groups is 2. The second kappa shape index (κ2) is 11.0. The topological polar surface area (TPSA) is 79.3 Å². The Balaban J connectivity index is 1.66. The number of hydrogen-bond donors (Lipinski definition) is 2. The summed E-state index contributed by atoms with van der Waals surface area (Å²) >= 11 is 0. The van der Waals surface area contributed by atoms with Gasteiger partial charge in [-0.3, -0.25) is 14.5 Å². The van der Waals surface area contributed by atoms with Crippen LogP contribution >= 0.6 is 0 Å². The zero-order valence-electron chi connectivity index (χ0n) is 19.2. The molecule has 0 saturated heterocycles. The number of rotatable bonds is 9. The van der Waals surface area contributed by atoms with E-state index in [1.807, 2.05) is 45.0 Å². The van der Waals surface area contributed by atoms with E-state index < -0.39 is 29.0 Å². The lowest BCUT2D eigenvalue weighted by Crippen LogP contribution is -2.39. The van der Waals surface area contributed by atoms with Gasteiger partial charge in [0, 0.05) is 6.07 Å². The first-order valence-electron chi connectivity index (χ1n) is 10.8. The summed E-state index contributed by atoms with van der Waals surface area (Å²) in [6, 6.07) is 11.1. The maximum atomic E-state index is 13.8. The first-order valence-corrected chi connectivity index (χ1v) is 10.8. The fourth-order valence-corrected chi connectivity index (χ4v) is 3.40. The molecule has 180 valence electrons. The number of aromatic nitrogens is 2. The van der Waals surface area contributed by atoms with E-state index >= 15 is 0 Å². The number of anilines is 2. The molecule has 1 aromatic heterocycles. The van der Waals surface area contributed by atoms with Crippen molar-refractivity contribution in [2.75, 3.05) is 30.3 Å². The van der Waals surface area contributed by atoms with Crippen LogP contribution in [0.1, 0.15) is 24.6 Å². The predicted molar refractivity (Wildman–Crippen MR) is 123 cm³/mol. The van der Waals surface area contributed by atoms with Gasteiger partial charge in [-0.15, -0.1) is 0 Å². The fourth-order valence-electron chi connectivity index (χ4n) is 3.40. The van der Waals surface area contributed by atoms with Crippen LogP contribution < -0.4 is 10.6 Å². The molecule has 0 bridgehead atoms. The number of halogens is 3. The normalized spacial score (nSPS) is 11.0. The molecule has 0 unspecified atom stereocenters. The number of amides is 2. The van der Waals surface area contributed by atoms with Gasteiger partial charge in [0.15, 0.2) is 17.5 Å². The Bertz CT molecular complexity index is 1180. The zero-order valence-corrected chi connectivity index (χ0v) is 19.2. The predicted octanol–water partition coefficient (Wildman–Crippen LogP) is 4.20. The van der Waals surface area contributed by atoms with Gasteiger partial charge in [0.25, 0.3) is 0 Å². The van der Waals surface area contributed by atoms with Crippen LogP contribution in [0.4, 0.5) is 24.7 Å². The van der Waals surface area contributed by atoms with Crippen molar-refractivity contribution in [2.24, 2.45) is 0 Å². The van der Waals surface area contributed by atoms with Gasteiger partial charge in [0.2, 0.25) is 11.8 Å². The molecule has 0 aliphatic heterocycles. The number of nitrogens with zero attached hydrogens (tertiary/aromatic N) is 3. The van der Waals surface area contributed by atoms with E-state index in [-0.39, 0.29) is 19.0 Å². The van der Waals surface area contributed by atoms with Crippen molar-refractivity contribution in [3.63, 3.8) is 0 Å². The maximum absolute atomic E-state index is 13.8. The highest BCUT2D eigenvalue weighted by atomic mass is 19.2. The molecule has 0 saturated carbocycles. The van der Waals surface area contributed by atoms with Gasteiger partial charge < -0.3 is 10.6 Å². The van der Waals surface area contributed by atoms with E-state index in [4.69, 9.17) is 0 Å². The van der Waals surface area contributed by atoms with Crippen molar-refractivity contribution in [1.29, 1.82) is 0 Å². The minimum atomic E-state index is -1.66. The Morgan fingerprint density at radius 2 is 1.59 bits per heavy atom. The average molecular weight is 473 g/mol. The van der Waals surface area contributed by atoms with Crippen LogP contribution in [0.3, 0.4) is 0 Å². The molecule has 3 rings (SSSR count). The molecule has 34 heavy (non-hydrogen) atoms. The lowest BCUT2D eigenvalue weighted by molar-refractivity contribution is -0.120. The molecule has 0 radical (unpaired) electrons. The number of carbonyl (C=O) groups excluding carboxylic acids is 2. The molecule has 3 aromatic rings. The summed E-state index contributed by atoms with van der Waals surface area (Å²) in [5.74, 6) is -5.04. The van der Waals surface area contributed by atoms with Crippen LogP contribution in [0.25, 0.3) is 5.69 Å². The Labute approximate surface area is 195 Å². The summed E-state index contributed by atoms with van der Waals surface area (Å²) in [7, 11) is 0. The van der Waals surface area contributed by atoms with E-state index in [0.29, 0.717) is 24.5 Å². The van der Waals surface area contributed by atoms with Crippen molar-refractivity contribution in [3.05, 3.63) is 71.2 Å². The second-order valence-electron chi connectivity index (χ2n) is 7.95. The number of benzene rings is 2. The van der Waals surface area contributed by atoms with Gasteiger partial charge in [-0.2, -0.15) is 5.10 Å². The maximum Gasteiger partial charge on any atom is 0.239 e. The molecule has 0 aliphatic carbocycles. The van der Waals surface area contributed by atoms with Gasteiger partial charge in [0.05, 0.1) is 30.2 Å². The van der Waals surface area contributed by atoms with Crippen LogP contribution in [0.15, 0.2) is 42.5 Å². The van der Waals surface area contributed by atoms with Gasteiger partial charge in [-0.1, -0.05) is 24.6 Å². The summed E-state index contributed by atoms with van der Waals surface area (Å²) in [4.78, 5) is 26.7. The van der Waals surface area contributed by atoms with Crippen molar-refractivity contribution >= 4 is 23.3 Å². The minimum Gasteiger partial charge on any atom is -0.322 e. The molecule has 0 atom stereocenters. The molecule has 0 spiro atoms. The minimum absolute atomic E-state index is 0.111. The molecule has 7 nitrogen and oxygen atoms in total. The molecule has 2 aromatic carbocycles. The second-order valence-corrected chi connectivity index (χ2v) is 7.95. The van der Waals surface area contributed by atoms with Gasteiger partial charge >= 0.3 is 0 Å². The van der Waals surface area contributed by atoms with E-state index in [1.165, 1.54) is 0 Å². The van der Waals surface area contributed by atoms with E-state index in [9.17, 15) is 22.8 Å². The molecule has 2 N–H and O–H groups in total. The molecular weight excluding hydrogens is 447 g/mol. The van der Waals surface area contributed by atoms with Crippen molar-refractivity contribution in [3.8, 4) is 5.69 Å². The summed E-state index contributed by atoms with van der Waals surface area (Å²) in [5, 5.41) is 9.46. The Hall–Kier alpha value is -3.66. The highest BCUT2D eigenvalue weighted by molar-refractivity contribution is 5.94. The quantitative estimate of drug-likeness (QED) is 0.457. The molecule has 1 heterocycles. The van der Waals surface area contributed by atoms with Gasteiger partial charge in [-0.25, -0.2) is 17.9 Å². The van der Waals surface area contributed by atoms with Crippen LogP contribution in [-0.4, -0.2) is 46.1 Å². The molecule has 10 heteroatoms. The molecule has 2 amide bonds. The summed E-state index contributed by atoms with van der Waals surface area (Å²) < 4.78 is 42.0. The van der Waals surface area contributed by atoms with Crippen LogP contribution in [-0.2, 0) is 9.59 Å². The Kier molecular flexibility index (Phi) is 8.06. The third-order valence-electron chi connectivity index (χ3n) is 4.96. The number of nitrogens with one attached hydrogen (secondary N) is 2. The Morgan fingerprint density at radius 1 is 0.941 bits per heavy atom. The standard InChI is InChI=1S/C24H26F3N5O2/c1-4-11-31(13-21(33)28-19-10-9-18(25)23(26)24(19)27)14-22(34)29-20-12-16(3)30-32(20)17-7-5-15(2)6-8-17/h5-10,12H,4,11,13-14H2,1-3H3,(H,28,33)(H,29,34). The Morgan fingerprint density at radius 3 is 2.24 bits per heavy atom. The largest absolute Gasteiger partial charge is 0.322 e. The smallest absolute Gasteiger partial charge is 0.239 e. The monoisotopic (exact) mass is 473 g/mol. The van der Waals surface area contributed by atoms with Crippen molar-refractivity contribution < 1.29 is 22.8 Å². The third kappa shape index (κ3) is 6.22. The SMILES string of the molecule is CCCN(CC(=O)Nc1ccc(F)c(F)c1F)CC(=O)Nc1cc(C)nn1-c1ccc(C)cc1. The molecular formula is C24H26F3N5O2. The molecule has 0 aliphatic rings. The number of aryl methyl sites for hydroxylation is 2. The van der Waals surface area contributed by atoms with E-state index in [1.54, 1.807) is 15.6 Å². The zero-order chi connectivity index (χ0) is 24.8. The van der Waals surface area contributed by atoms with E-state index in [2.05, 4.69) is 15.7 Å². The summed E-state index contributed by atoms with van der Waals surface area (Å²) in [6.07, 6.45) is 0.653. The van der Waals surface area contributed by atoms with Crippen LogP contribution in [0.2, 0.25) is 0 Å². The lowest BCUT2D eigenvalue weighted by Gasteiger charge is -2.21. The first-order chi connectivity index (χ1) is 16.2. The average Bonchev–Trinajstić information content (AvgIpc) is 3.14.